The Hall–Kier alpha value is -2.14. The van der Waals surface area contributed by atoms with Crippen LogP contribution < -0.4 is 5.32 Å². The number of nitrogens with zero attached hydrogens (tertiary/aromatic N) is 2. The van der Waals surface area contributed by atoms with Gasteiger partial charge in [0.2, 0.25) is 5.91 Å². The first-order valence-corrected chi connectivity index (χ1v) is 8.69. The minimum atomic E-state index is 0.203. The molecule has 1 aliphatic heterocycles. The number of aromatic nitrogens is 2. The zero-order valence-corrected chi connectivity index (χ0v) is 14.5. The fraction of sp³-hybridized carbons (Fsp3) is 0.474. The number of hydrogen-bond acceptors (Lipinski definition) is 3. The number of likely N-dealkylation sites (tertiary alicyclic amines) is 1. The van der Waals surface area contributed by atoms with E-state index in [0.717, 1.165) is 49.4 Å². The predicted molar refractivity (Wildman–Crippen MR) is 94.6 cm³/mol. The highest BCUT2D eigenvalue weighted by atomic mass is 16.2. The molecule has 1 saturated heterocycles. The van der Waals surface area contributed by atoms with Crippen LogP contribution in [0, 0.1) is 13.8 Å². The van der Waals surface area contributed by atoms with Crippen molar-refractivity contribution in [2.45, 2.75) is 45.7 Å². The number of benzene rings is 1. The molecule has 1 aliphatic rings. The van der Waals surface area contributed by atoms with Crippen LogP contribution in [0.15, 0.2) is 30.3 Å². The quantitative estimate of drug-likeness (QED) is 0.887. The summed E-state index contributed by atoms with van der Waals surface area (Å²) >= 11 is 0. The highest BCUT2D eigenvalue weighted by Crippen LogP contribution is 2.15. The van der Waals surface area contributed by atoms with Crippen LogP contribution in [-0.4, -0.2) is 40.1 Å². The van der Waals surface area contributed by atoms with E-state index in [1.165, 1.54) is 5.56 Å². The molecule has 2 heterocycles. The Morgan fingerprint density at radius 2 is 2.12 bits per heavy atom. The SMILES string of the molecule is Cc1n[nH]c(C)c1CC(=O)N1CCCC(NCc2ccccc2)C1. The Kier molecular flexibility index (Phi) is 5.30. The van der Waals surface area contributed by atoms with Crippen molar-refractivity contribution in [2.24, 2.45) is 0 Å². The van der Waals surface area contributed by atoms with E-state index in [-0.39, 0.29) is 5.91 Å². The summed E-state index contributed by atoms with van der Waals surface area (Å²) in [5.41, 5.74) is 4.25. The molecule has 2 aromatic rings. The van der Waals surface area contributed by atoms with Crippen LogP contribution in [-0.2, 0) is 17.8 Å². The summed E-state index contributed by atoms with van der Waals surface area (Å²) < 4.78 is 0. The van der Waals surface area contributed by atoms with Crippen LogP contribution in [0.4, 0.5) is 0 Å². The summed E-state index contributed by atoms with van der Waals surface area (Å²) in [5.74, 6) is 0.203. The standard InChI is InChI=1S/C19H26N4O/c1-14-18(15(2)22-21-14)11-19(24)23-10-6-9-17(13-23)20-12-16-7-4-3-5-8-16/h3-5,7-8,17,20H,6,9-13H2,1-2H3,(H,21,22). The van der Waals surface area contributed by atoms with Gasteiger partial charge in [0, 0.05) is 36.9 Å². The smallest absolute Gasteiger partial charge is 0.227 e. The molecule has 24 heavy (non-hydrogen) atoms. The van der Waals surface area contributed by atoms with Crippen LogP contribution in [0.1, 0.15) is 35.4 Å². The molecule has 0 bridgehead atoms. The number of carbonyl (C=O) groups is 1. The molecule has 0 radical (unpaired) electrons. The zero-order valence-electron chi connectivity index (χ0n) is 14.5. The monoisotopic (exact) mass is 326 g/mol. The van der Waals surface area contributed by atoms with Crippen molar-refractivity contribution in [3.8, 4) is 0 Å². The number of aromatic amines is 1. The van der Waals surface area contributed by atoms with Gasteiger partial charge in [-0.1, -0.05) is 30.3 Å². The molecule has 0 spiro atoms. The lowest BCUT2D eigenvalue weighted by Gasteiger charge is -2.33. The molecule has 3 rings (SSSR count). The molecule has 5 nitrogen and oxygen atoms in total. The minimum Gasteiger partial charge on any atom is -0.341 e. The van der Waals surface area contributed by atoms with Crippen molar-refractivity contribution in [3.63, 3.8) is 0 Å². The molecule has 1 fully saturated rings. The fourth-order valence-corrected chi connectivity index (χ4v) is 3.33. The lowest BCUT2D eigenvalue weighted by molar-refractivity contribution is -0.131. The van der Waals surface area contributed by atoms with Crippen molar-refractivity contribution in [1.82, 2.24) is 20.4 Å². The summed E-state index contributed by atoms with van der Waals surface area (Å²) in [6.45, 7) is 6.43. The number of aryl methyl sites for hydroxylation is 2. The molecular formula is C19H26N4O. The van der Waals surface area contributed by atoms with Gasteiger partial charge in [0.15, 0.2) is 0 Å². The highest BCUT2D eigenvalue weighted by Gasteiger charge is 2.24. The van der Waals surface area contributed by atoms with E-state index in [9.17, 15) is 4.79 Å². The largest absolute Gasteiger partial charge is 0.341 e. The lowest BCUT2D eigenvalue weighted by atomic mass is 10.0. The first-order chi connectivity index (χ1) is 11.6. The molecule has 5 heteroatoms. The van der Waals surface area contributed by atoms with E-state index in [1.54, 1.807) is 0 Å². The van der Waals surface area contributed by atoms with Gasteiger partial charge in [-0.15, -0.1) is 0 Å². The first kappa shape index (κ1) is 16.7. The van der Waals surface area contributed by atoms with E-state index in [2.05, 4.69) is 39.8 Å². The zero-order chi connectivity index (χ0) is 16.9. The number of H-pyrrole nitrogens is 1. The maximum absolute atomic E-state index is 12.6. The predicted octanol–water partition coefficient (Wildman–Crippen LogP) is 2.35. The second-order valence-electron chi connectivity index (χ2n) is 6.63. The van der Waals surface area contributed by atoms with Crippen LogP contribution in [0.5, 0.6) is 0 Å². The van der Waals surface area contributed by atoms with Gasteiger partial charge in [-0.05, 0) is 32.3 Å². The summed E-state index contributed by atoms with van der Waals surface area (Å²) in [4.78, 5) is 14.6. The van der Waals surface area contributed by atoms with Gasteiger partial charge < -0.3 is 10.2 Å². The maximum Gasteiger partial charge on any atom is 0.227 e. The Morgan fingerprint density at radius 1 is 1.33 bits per heavy atom. The van der Waals surface area contributed by atoms with Gasteiger partial charge in [0.1, 0.15) is 0 Å². The number of piperidine rings is 1. The second kappa shape index (κ2) is 7.62. The number of hydrogen-bond donors (Lipinski definition) is 2. The molecule has 1 amide bonds. The third-order valence-electron chi connectivity index (χ3n) is 4.82. The Balaban J connectivity index is 1.54. The molecule has 1 unspecified atom stereocenters. The van der Waals surface area contributed by atoms with E-state index in [1.807, 2.05) is 24.8 Å². The maximum atomic E-state index is 12.6. The molecule has 1 atom stereocenters. The number of amides is 1. The molecule has 1 aromatic carbocycles. The van der Waals surface area contributed by atoms with Crippen LogP contribution >= 0.6 is 0 Å². The molecule has 0 aliphatic carbocycles. The fourth-order valence-electron chi connectivity index (χ4n) is 3.33. The normalized spacial score (nSPS) is 17.9. The van der Waals surface area contributed by atoms with Crippen molar-refractivity contribution in [3.05, 3.63) is 52.8 Å². The Bertz CT molecular complexity index is 660. The van der Waals surface area contributed by atoms with E-state index in [4.69, 9.17) is 0 Å². The van der Waals surface area contributed by atoms with E-state index >= 15 is 0 Å². The van der Waals surface area contributed by atoms with Crippen LogP contribution in [0.3, 0.4) is 0 Å². The topological polar surface area (TPSA) is 61.0 Å². The van der Waals surface area contributed by atoms with Crippen LogP contribution in [0.25, 0.3) is 0 Å². The third kappa shape index (κ3) is 4.03. The van der Waals surface area contributed by atoms with Gasteiger partial charge in [-0.2, -0.15) is 5.10 Å². The van der Waals surface area contributed by atoms with Gasteiger partial charge in [-0.3, -0.25) is 9.89 Å². The third-order valence-corrected chi connectivity index (χ3v) is 4.82. The average Bonchev–Trinajstić information content (AvgIpc) is 2.93. The van der Waals surface area contributed by atoms with Gasteiger partial charge in [0.25, 0.3) is 0 Å². The number of nitrogens with one attached hydrogen (secondary N) is 2. The molecule has 1 aromatic heterocycles. The van der Waals surface area contributed by atoms with Crippen LogP contribution in [0.2, 0.25) is 0 Å². The Morgan fingerprint density at radius 3 is 2.83 bits per heavy atom. The lowest BCUT2D eigenvalue weighted by Crippen LogP contribution is -2.48. The van der Waals surface area contributed by atoms with E-state index < -0.39 is 0 Å². The van der Waals surface area contributed by atoms with Gasteiger partial charge in [-0.25, -0.2) is 0 Å². The summed E-state index contributed by atoms with van der Waals surface area (Å²) in [6.07, 6.45) is 2.63. The first-order valence-electron chi connectivity index (χ1n) is 8.69. The minimum absolute atomic E-state index is 0.203. The summed E-state index contributed by atoms with van der Waals surface area (Å²) in [6, 6.07) is 10.8. The van der Waals surface area contributed by atoms with Gasteiger partial charge in [0.05, 0.1) is 12.1 Å². The summed E-state index contributed by atoms with van der Waals surface area (Å²) in [5, 5.41) is 10.7. The molecule has 128 valence electrons. The summed E-state index contributed by atoms with van der Waals surface area (Å²) in [7, 11) is 0. The van der Waals surface area contributed by atoms with Crippen molar-refractivity contribution < 1.29 is 4.79 Å². The van der Waals surface area contributed by atoms with Gasteiger partial charge >= 0.3 is 0 Å². The average molecular weight is 326 g/mol. The van der Waals surface area contributed by atoms with E-state index in [0.29, 0.717) is 12.5 Å². The molecule has 0 saturated carbocycles. The van der Waals surface area contributed by atoms with Crippen molar-refractivity contribution in [1.29, 1.82) is 0 Å². The second-order valence-corrected chi connectivity index (χ2v) is 6.63. The number of carbonyl (C=O) groups excluding carboxylic acids is 1. The number of rotatable bonds is 5. The molecule has 2 N–H and O–H groups in total. The highest BCUT2D eigenvalue weighted by molar-refractivity contribution is 5.79. The molecular weight excluding hydrogens is 300 g/mol. The van der Waals surface area contributed by atoms with Crippen molar-refractivity contribution in [2.75, 3.05) is 13.1 Å². The van der Waals surface area contributed by atoms with Crippen molar-refractivity contribution >= 4 is 5.91 Å². The Labute approximate surface area is 143 Å².